The van der Waals surface area contributed by atoms with E-state index in [0.29, 0.717) is 0 Å². The molecule has 2 rings (SSSR count). The molecule has 1 heterocycles. The maximum absolute atomic E-state index is 5.30. The Labute approximate surface area is 89.8 Å². The van der Waals surface area contributed by atoms with Gasteiger partial charge in [-0.15, -0.1) is 0 Å². The van der Waals surface area contributed by atoms with Crippen LogP contribution in [0.4, 0.5) is 0 Å². The zero-order chi connectivity index (χ0) is 10.8. The first-order chi connectivity index (χ1) is 7.26. The van der Waals surface area contributed by atoms with Crippen molar-refractivity contribution in [2.24, 2.45) is 4.99 Å². The SMILES string of the molecule is COC1=C(OC)CC2N=CC=C(C)C2=C1. The van der Waals surface area contributed by atoms with Gasteiger partial charge < -0.3 is 9.47 Å². The van der Waals surface area contributed by atoms with Crippen molar-refractivity contribution in [1.29, 1.82) is 0 Å². The Kier molecular flexibility index (Phi) is 2.62. The molecule has 0 saturated carbocycles. The van der Waals surface area contributed by atoms with Gasteiger partial charge in [-0.25, -0.2) is 0 Å². The van der Waals surface area contributed by atoms with E-state index >= 15 is 0 Å². The van der Waals surface area contributed by atoms with Crippen molar-refractivity contribution in [3.05, 3.63) is 34.8 Å². The number of ether oxygens (including phenoxy) is 2. The Balaban J connectivity index is 2.39. The molecule has 0 aromatic rings. The summed E-state index contributed by atoms with van der Waals surface area (Å²) in [6.07, 6.45) is 6.69. The molecule has 0 N–H and O–H groups in total. The number of dihydropyridines is 1. The lowest BCUT2D eigenvalue weighted by molar-refractivity contribution is 0.214. The van der Waals surface area contributed by atoms with Crippen LogP contribution in [0.1, 0.15) is 13.3 Å². The molecule has 0 aromatic carbocycles. The van der Waals surface area contributed by atoms with Crippen molar-refractivity contribution >= 4 is 6.21 Å². The van der Waals surface area contributed by atoms with Gasteiger partial charge in [0.25, 0.3) is 0 Å². The number of allylic oxidation sites excluding steroid dienone is 2. The second-order valence-electron chi connectivity index (χ2n) is 3.66. The topological polar surface area (TPSA) is 30.8 Å². The summed E-state index contributed by atoms with van der Waals surface area (Å²) in [6.45, 7) is 2.09. The van der Waals surface area contributed by atoms with Gasteiger partial charge in [-0.1, -0.05) is 0 Å². The quantitative estimate of drug-likeness (QED) is 0.692. The van der Waals surface area contributed by atoms with Gasteiger partial charge in [0.2, 0.25) is 0 Å². The lowest BCUT2D eigenvalue weighted by atomic mass is 9.90. The van der Waals surface area contributed by atoms with Gasteiger partial charge in [0.1, 0.15) is 5.76 Å². The summed E-state index contributed by atoms with van der Waals surface area (Å²) in [5.41, 5.74) is 2.48. The summed E-state index contributed by atoms with van der Waals surface area (Å²) in [5.74, 6) is 1.69. The first-order valence-electron chi connectivity index (χ1n) is 4.99. The summed E-state index contributed by atoms with van der Waals surface area (Å²) >= 11 is 0. The highest BCUT2D eigenvalue weighted by Crippen LogP contribution is 2.32. The monoisotopic (exact) mass is 205 g/mol. The van der Waals surface area contributed by atoms with Crippen LogP contribution in [0.25, 0.3) is 0 Å². The number of nitrogens with zero attached hydrogens (tertiary/aromatic N) is 1. The van der Waals surface area contributed by atoms with Crippen LogP contribution in [-0.2, 0) is 9.47 Å². The molecule has 3 nitrogen and oxygen atoms in total. The minimum atomic E-state index is 0.198. The van der Waals surface area contributed by atoms with Crippen molar-refractivity contribution in [3.8, 4) is 0 Å². The van der Waals surface area contributed by atoms with Crippen molar-refractivity contribution in [1.82, 2.24) is 0 Å². The smallest absolute Gasteiger partial charge is 0.156 e. The molecule has 0 spiro atoms. The average Bonchev–Trinajstić information content (AvgIpc) is 2.28. The van der Waals surface area contributed by atoms with Gasteiger partial charge in [-0.2, -0.15) is 0 Å². The lowest BCUT2D eigenvalue weighted by Crippen LogP contribution is -2.19. The average molecular weight is 205 g/mol. The third kappa shape index (κ3) is 1.69. The molecular formula is C12H15NO2. The second-order valence-corrected chi connectivity index (χ2v) is 3.66. The van der Waals surface area contributed by atoms with E-state index in [0.717, 1.165) is 17.9 Å². The fourth-order valence-corrected chi connectivity index (χ4v) is 1.93. The second kappa shape index (κ2) is 3.93. The number of hydrogen-bond acceptors (Lipinski definition) is 3. The molecule has 3 heteroatoms. The zero-order valence-electron chi connectivity index (χ0n) is 9.28. The van der Waals surface area contributed by atoms with E-state index in [9.17, 15) is 0 Å². The molecule has 1 atom stereocenters. The van der Waals surface area contributed by atoms with Gasteiger partial charge in [-0.05, 0) is 30.2 Å². The Morgan fingerprint density at radius 1 is 1.33 bits per heavy atom. The molecular weight excluding hydrogens is 190 g/mol. The van der Waals surface area contributed by atoms with Crippen LogP contribution in [0.15, 0.2) is 39.8 Å². The molecule has 0 aromatic heterocycles. The normalized spacial score (nSPS) is 24.3. The van der Waals surface area contributed by atoms with Crippen LogP contribution in [-0.4, -0.2) is 26.5 Å². The molecule has 1 aliphatic carbocycles. The van der Waals surface area contributed by atoms with E-state index in [2.05, 4.69) is 11.9 Å². The number of aliphatic imine (C=N–C) groups is 1. The largest absolute Gasteiger partial charge is 0.497 e. The highest BCUT2D eigenvalue weighted by molar-refractivity contribution is 5.77. The summed E-state index contributed by atoms with van der Waals surface area (Å²) in [7, 11) is 3.33. The van der Waals surface area contributed by atoms with Gasteiger partial charge in [-0.3, -0.25) is 4.99 Å². The molecule has 80 valence electrons. The highest BCUT2D eigenvalue weighted by Gasteiger charge is 2.25. The van der Waals surface area contributed by atoms with E-state index in [1.807, 2.05) is 18.4 Å². The Bertz CT molecular complexity index is 388. The summed E-state index contributed by atoms with van der Waals surface area (Å²) in [4.78, 5) is 4.43. The number of hydrogen-bond donors (Lipinski definition) is 0. The molecule has 0 amide bonds. The molecule has 0 bridgehead atoms. The Morgan fingerprint density at radius 2 is 2.13 bits per heavy atom. The Hall–Kier alpha value is -1.51. The molecule has 0 fully saturated rings. The molecule has 15 heavy (non-hydrogen) atoms. The van der Waals surface area contributed by atoms with E-state index in [4.69, 9.17) is 9.47 Å². The van der Waals surface area contributed by atoms with Crippen LogP contribution >= 0.6 is 0 Å². The van der Waals surface area contributed by atoms with Gasteiger partial charge in [0.05, 0.1) is 20.3 Å². The summed E-state index contributed by atoms with van der Waals surface area (Å²) < 4.78 is 10.6. The minimum absolute atomic E-state index is 0.198. The summed E-state index contributed by atoms with van der Waals surface area (Å²) in [6, 6.07) is 0.198. The van der Waals surface area contributed by atoms with Crippen LogP contribution in [0.3, 0.4) is 0 Å². The highest BCUT2D eigenvalue weighted by atomic mass is 16.5. The van der Waals surface area contributed by atoms with Crippen molar-refractivity contribution in [3.63, 3.8) is 0 Å². The molecule has 2 aliphatic rings. The van der Waals surface area contributed by atoms with Gasteiger partial charge >= 0.3 is 0 Å². The fourth-order valence-electron chi connectivity index (χ4n) is 1.93. The predicted molar refractivity (Wildman–Crippen MR) is 59.8 cm³/mol. The number of rotatable bonds is 2. The maximum atomic E-state index is 5.30. The lowest BCUT2D eigenvalue weighted by Gasteiger charge is -2.26. The van der Waals surface area contributed by atoms with Crippen LogP contribution in [0, 0.1) is 0 Å². The Morgan fingerprint density at radius 3 is 2.80 bits per heavy atom. The van der Waals surface area contributed by atoms with E-state index < -0.39 is 0 Å². The van der Waals surface area contributed by atoms with E-state index in [1.54, 1.807) is 14.2 Å². The van der Waals surface area contributed by atoms with Crippen molar-refractivity contribution in [2.45, 2.75) is 19.4 Å². The minimum Gasteiger partial charge on any atom is -0.497 e. The zero-order valence-corrected chi connectivity index (χ0v) is 9.28. The predicted octanol–water partition coefficient (Wildman–Crippen LogP) is 2.22. The van der Waals surface area contributed by atoms with Gasteiger partial charge in [0.15, 0.2) is 5.76 Å². The fraction of sp³-hybridized carbons (Fsp3) is 0.417. The number of methoxy groups -OCH3 is 2. The number of fused-ring (bicyclic) bond motifs is 1. The molecule has 1 unspecified atom stereocenters. The van der Waals surface area contributed by atoms with Crippen molar-refractivity contribution in [2.75, 3.05) is 14.2 Å². The summed E-state index contributed by atoms with van der Waals surface area (Å²) in [5, 5.41) is 0. The van der Waals surface area contributed by atoms with E-state index in [-0.39, 0.29) is 6.04 Å². The first kappa shape index (κ1) is 10.0. The third-order valence-corrected chi connectivity index (χ3v) is 2.81. The molecule has 0 radical (unpaired) electrons. The first-order valence-corrected chi connectivity index (χ1v) is 4.99. The van der Waals surface area contributed by atoms with Crippen LogP contribution in [0.2, 0.25) is 0 Å². The van der Waals surface area contributed by atoms with Crippen molar-refractivity contribution < 1.29 is 9.47 Å². The van der Waals surface area contributed by atoms with Crippen LogP contribution < -0.4 is 0 Å². The van der Waals surface area contributed by atoms with E-state index in [1.165, 1.54) is 11.1 Å². The third-order valence-electron chi connectivity index (χ3n) is 2.81. The van der Waals surface area contributed by atoms with Gasteiger partial charge in [0, 0.05) is 12.6 Å². The molecule has 0 saturated heterocycles. The molecule has 1 aliphatic heterocycles. The standard InChI is InChI=1S/C12H15NO2/c1-8-4-5-13-10-7-12(15-3)11(14-2)6-9(8)10/h4-6,10H,7H2,1-3H3. The maximum Gasteiger partial charge on any atom is 0.156 e. The van der Waals surface area contributed by atoms with Crippen LogP contribution in [0.5, 0.6) is 0 Å².